The molecule has 0 fully saturated rings. The maximum Gasteiger partial charge on any atom is 0.337 e. The summed E-state index contributed by atoms with van der Waals surface area (Å²) < 4.78 is 0. The summed E-state index contributed by atoms with van der Waals surface area (Å²) >= 11 is 1.54. The summed E-state index contributed by atoms with van der Waals surface area (Å²) in [7, 11) is 0. The fourth-order valence-electron chi connectivity index (χ4n) is 1.70. The lowest BCUT2D eigenvalue weighted by Crippen LogP contribution is -2.07. The first-order valence-corrected chi connectivity index (χ1v) is 6.80. The minimum absolute atomic E-state index is 0.0613. The van der Waals surface area contributed by atoms with Crippen molar-refractivity contribution in [2.45, 2.75) is 20.3 Å². The van der Waals surface area contributed by atoms with Crippen LogP contribution < -0.4 is 5.32 Å². The Hall–Kier alpha value is -2.02. The molecular formula is C12H14N4O2S. The minimum atomic E-state index is -0.430. The van der Waals surface area contributed by atoms with Gasteiger partial charge in [0.25, 0.3) is 0 Å². The number of anilines is 1. The van der Waals surface area contributed by atoms with Crippen molar-refractivity contribution in [3.05, 3.63) is 32.8 Å². The molecule has 0 radical (unpaired) electrons. The van der Waals surface area contributed by atoms with Crippen molar-refractivity contribution in [2.75, 3.05) is 11.9 Å². The molecule has 6 nitrogen and oxygen atoms in total. The predicted octanol–water partition coefficient (Wildman–Crippen LogP) is 3.24. The summed E-state index contributed by atoms with van der Waals surface area (Å²) in [4.78, 5) is 20.0. The normalized spacial score (nSPS) is 10.4. The zero-order valence-corrected chi connectivity index (χ0v) is 11.5. The SMILES string of the molecule is CCCNc1ncnc(-c2csc(C)c2)c1[N+](=O)[O-]. The zero-order valence-electron chi connectivity index (χ0n) is 10.7. The highest BCUT2D eigenvalue weighted by Gasteiger charge is 2.24. The average Bonchev–Trinajstić information content (AvgIpc) is 2.82. The van der Waals surface area contributed by atoms with Gasteiger partial charge in [-0.15, -0.1) is 11.3 Å². The number of nitrogens with one attached hydrogen (secondary N) is 1. The summed E-state index contributed by atoms with van der Waals surface area (Å²) in [5.41, 5.74) is 1.06. The van der Waals surface area contributed by atoms with E-state index in [0.29, 0.717) is 12.2 Å². The first-order valence-electron chi connectivity index (χ1n) is 5.92. The molecule has 2 aromatic rings. The maximum absolute atomic E-state index is 11.3. The van der Waals surface area contributed by atoms with Gasteiger partial charge in [0, 0.05) is 22.4 Å². The van der Waals surface area contributed by atoms with Crippen molar-refractivity contribution in [3.8, 4) is 11.3 Å². The smallest absolute Gasteiger partial charge is 0.337 e. The molecule has 2 rings (SSSR count). The molecule has 0 aliphatic rings. The van der Waals surface area contributed by atoms with Crippen LogP contribution in [-0.4, -0.2) is 21.4 Å². The van der Waals surface area contributed by atoms with Gasteiger partial charge in [-0.3, -0.25) is 10.1 Å². The molecule has 2 heterocycles. The summed E-state index contributed by atoms with van der Waals surface area (Å²) in [6, 6.07) is 1.89. The summed E-state index contributed by atoms with van der Waals surface area (Å²) in [5, 5.41) is 16.1. The van der Waals surface area contributed by atoms with Gasteiger partial charge in [-0.2, -0.15) is 0 Å². The van der Waals surface area contributed by atoms with Gasteiger partial charge >= 0.3 is 5.69 Å². The maximum atomic E-state index is 11.3. The highest BCUT2D eigenvalue weighted by Crippen LogP contribution is 2.34. The van der Waals surface area contributed by atoms with Crippen LogP contribution in [0, 0.1) is 17.0 Å². The summed E-state index contributed by atoms with van der Waals surface area (Å²) in [5.74, 6) is 0.278. The Morgan fingerprint density at radius 2 is 2.26 bits per heavy atom. The van der Waals surface area contributed by atoms with Gasteiger partial charge in [0.15, 0.2) is 5.69 Å². The number of hydrogen-bond donors (Lipinski definition) is 1. The zero-order chi connectivity index (χ0) is 13.8. The molecule has 7 heteroatoms. The van der Waals surface area contributed by atoms with Crippen LogP contribution in [0.2, 0.25) is 0 Å². The molecule has 100 valence electrons. The van der Waals surface area contributed by atoms with Crippen LogP contribution in [0.4, 0.5) is 11.5 Å². The second-order valence-electron chi connectivity index (χ2n) is 4.05. The molecule has 19 heavy (non-hydrogen) atoms. The molecular weight excluding hydrogens is 264 g/mol. The third kappa shape index (κ3) is 2.87. The van der Waals surface area contributed by atoms with E-state index < -0.39 is 4.92 Å². The fraction of sp³-hybridized carbons (Fsp3) is 0.333. The summed E-state index contributed by atoms with van der Waals surface area (Å²) in [6.45, 7) is 4.58. The monoisotopic (exact) mass is 278 g/mol. The van der Waals surface area contributed by atoms with Crippen LogP contribution in [0.5, 0.6) is 0 Å². The highest BCUT2D eigenvalue weighted by atomic mass is 32.1. The predicted molar refractivity (Wildman–Crippen MR) is 75.5 cm³/mol. The Kier molecular flexibility index (Phi) is 4.06. The van der Waals surface area contributed by atoms with Gasteiger partial charge in [-0.25, -0.2) is 9.97 Å². The van der Waals surface area contributed by atoms with Crippen LogP contribution in [0.3, 0.4) is 0 Å². The molecule has 1 N–H and O–H groups in total. The molecule has 0 spiro atoms. The molecule has 0 bridgehead atoms. The number of thiophene rings is 1. The summed E-state index contributed by atoms with van der Waals surface area (Å²) in [6.07, 6.45) is 2.22. The van der Waals surface area contributed by atoms with E-state index in [1.54, 1.807) is 0 Å². The Morgan fingerprint density at radius 3 is 2.84 bits per heavy atom. The van der Waals surface area contributed by atoms with Gasteiger partial charge in [0.2, 0.25) is 5.82 Å². The van der Waals surface area contributed by atoms with Gasteiger partial charge < -0.3 is 5.32 Å². The van der Waals surface area contributed by atoms with Crippen molar-refractivity contribution >= 4 is 22.8 Å². The number of aromatic nitrogens is 2. The van der Waals surface area contributed by atoms with E-state index in [9.17, 15) is 10.1 Å². The van der Waals surface area contributed by atoms with Crippen molar-refractivity contribution in [1.82, 2.24) is 9.97 Å². The van der Waals surface area contributed by atoms with E-state index in [-0.39, 0.29) is 11.5 Å². The van der Waals surface area contributed by atoms with E-state index in [1.165, 1.54) is 17.7 Å². The Morgan fingerprint density at radius 1 is 1.47 bits per heavy atom. The standard InChI is InChI=1S/C12H14N4O2S/c1-3-4-13-12-11(16(17)18)10(14-7-15-12)9-5-8(2)19-6-9/h5-7H,3-4H2,1-2H3,(H,13,14,15). The molecule has 0 atom stereocenters. The molecule has 0 unspecified atom stereocenters. The Labute approximate surface area is 114 Å². The number of nitrogens with zero attached hydrogens (tertiary/aromatic N) is 3. The number of nitro groups is 1. The molecule has 0 saturated carbocycles. The molecule has 0 aliphatic carbocycles. The van der Waals surface area contributed by atoms with Crippen LogP contribution in [-0.2, 0) is 0 Å². The molecule has 0 saturated heterocycles. The Balaban J connectivity index is 2.51. The van der Waals surface area contributed by atoms with E-state index in [4.69, 9.17) is 0 Å². The van der Waals surface area contributed by atoms with Crippen molar-refractivity contribution in [2.24, 2.45) is 0 Å². The third-order valence-electron chi connectivity index (χ3n) is 2.55. The Bertz CT molecular complexity index is 597. The molecule has 0 amide bonds. The van der Waals surface area contributed by atoms with E-state index >= 15 is 0 Å². The fourth-order valence-corrected chi connectivity index (χ4v) is 2.39. The average molecular weight is 278 g/mol. The number of rotatable bonds is 5. The lowest BCUT2D eigenvalue weighted by molar-refractivity contribution is -0.383. The van der Waals surface area contributed by atoms with E-state index in [0.717, 1.165) is 16.9 Å². The van der Waals surface area contributed by atoms with E-state index in [2.05, 4.69) is 15.3 Å². The van der Waals surface area contributed by atoms with Crippen LogP contribution in [0.25, 0.3) is 11.3 Å². The van der Waals surface area contributed by atoms with Crippen LogP contribution in [0.1, 0.15) is 18.2 Å². The lowest BCUT2D eigenvalue weighted by Gasteiger charge is -2.06. The van der Waals surface area contributed by atoms with Gasteiger partial charge in [-0.05, 0) is 19.4 Å². The first kappa shape index (κ1) is 13.4. The van der Waals surface area contributed by atoms with Crippen molar-refractivity contribution in [1.29, 1.82) is 0 Å². The van der Waals surface area contributed by atoms with Gasteiger partial charge in [0.05, 0.1) is 4.92 Å². The quantitative estimate of drug-likeness (QED) is 0.670. The largest absolute Gasteiger partial charge is 0.364 e. The first-order chi connectivity index (χ1) is 9.13. The molecule has 0 aliphatic heterocycles. The third-order valence-corrected chi connectivity index (χ3v) is 3.41. The van der Waals surface area contributed by atoms with Crippen LogP contribution >= 0.6 is 11.3 Å². The number of aryl methyl sites for hydroxylation is 1. The van der Waals surface area contributed by atoms with Crippen molar-refractivity contribution in [3.63, 3.8) is 0 Å². The van der Waals surface area contributed by atoms with E-state index in [1.807, 2.05) is 25.3 Å². The molecule has 2 aromatic heterocycles. The minimum Gasteiger partial charge on any atom is -0.364 e. The highest BCUT2D eigenvalue weighted by molar-refractivity contribution is 7.10. The number of hydrogen-bond acceptors (Lipinski definition) is 6. The van der Waals surface area contributed by atoms with Crippen molar-refractivity contribution < 1.29 is 4.92 Å². The second-order valence-corrected chi connectivity index (χ2v) is 5.16. The molecule has 0 aromatic carbocycles. The topological polar surface area (TPSA) is 81.0 Å². The lowest BCUT2D eigenvalue weighted by atomic mass is 10.2. The van der Waals surface area contributed by atoms with Gasteiger partial charge in [0.1, 0.15) is 6.33 Å². The van der Waals surface area contributed by atoms with Crippen LogP contribution in [0.15, 0.2) is 17.8 Å². The second kappa shape index (κ2) is 5.75. The van der Waals surface area contributed by atoms with Gasteiger partial charge in [-0.1, -0.05) is 6.92 Å².